The van der Waals surface area contributed by atoms with Crippen LogP contribution in [0.3, 0.4) is 0 Å². The van der Waals surface area contributed by atoms with Gasteiger partial charge in [0.25, 0.3) is 0 Å². The van der Waals surface area contributed by atoms with Crippen molar-refractivity contribution in [3.8, 4) is 0 Å². The molecule has 2 atom stereocenters. The van der Waals surface area contributed by atoms with Gasteiger partial charge in [0.05, 0.1) is 9.65 Å². The molecule has 2 rings (SSSR count). The predicted molar refractivity (Wildman–Crippen MR) is 91.6 cm³/mol. The highest BCUT2D eigenvalue weighted by atomic mass is 79.9. The molecular formula is C14H10Br4. The molecule has 0 bridgehead atoms. The zero-order valence-electron chi connectivity index (χ0n) is 9.29. The van der Waals surface area contributed by atoms with Gasteiger partial charge in [-0.3, -0.25) is 0 Å². The smallest absolute Gasteiger partial charge is 0.0561 e. The fourth-order valence-corrected chi connectivity index (χ4v) is 3.38. The summed E-state index contributed by atoms with van der Waals surface area (Å²) in [5.74, 6) is 0. The van der Waals surface area contributed by atoms with Crippen molar-refractivity contribution < 1.29 is 0 Å². The van der Waals surface area contributed by atoms with Crippen LogP contribution in [0.25, 0.3) is 0 Å². The third-order valence-electron chi connectivity index (χ3n) is 2.63. The Balaban J connectivity index is 2.20. The van der Waals surface area contributed by atoms with Gasteiger partial charge in [0.2, 0.25) is 0 Å². The van der Waals surface area contributed by atoms with Crippen molar-refractivity contribution in [3.63, 3.8) is 0 Å². The molecule has 2 aromatic rings. The SMILES string of the molecule is Brc1ccc(C(Br)C(Br)c2ccc(Br)cc2)cc1. The van der Waals surface area contributed by atoms with Gasteiger partial charge in [-0.2, -0.15) is 0 Å². The molecule has 94 valence electrons. The summed E-state index contributed by atoms with van der Waals surface area (Å²) in [6.45, 7) is 0. The highest BCUT2D eigenvalue weighted by Crippen LogP contribution is 2.42. The van der Waals surface area contributed by atoms with Crippen LogP contribution in [0, 0.1) is 0 Å². The Bertz CT molecular complexity index is 455. The van der Waals surface area contributed by atoms with E-state index in [-0.39, 0.29) is 9.65 Å². The lowest BCUT2D eigenvalue weighted by Crippen LogP contribution is -1.99. The lowest BCUT2D eigenvalue weighted by Gasteiger charge is -2.18. The summed E-state index contributed by atoms with van der Waals surface area (Å²) in [4.78, 5) is 0.485. The van der Waals surface area contributed by atoms with Crippen LogP contribution in [0.15, 0.2) is 57.5 Å². The standard InChI is InChI=1S/C14H10Br4/c15-11-5-1-9(2-6-11)13(17)14(18)10-3-7-12(16)8-4-10/h1-8,13-14H. The Kier molecular flexibility index (Phi) is 5.48. The minimum atomic E-state index is 0.242. The topological polar surface area (TPSA) is 0 Å². The number of rotatable bonds is 3. The quantitative estimate of drug-likeness (QED) is 0.410. The maximum Gasteiger partial charge on any atom is 0.0561 e. The second-order valence-electron chi connectivity index (χ2n) is 3.91. The Labute approximate surface area is 141 Å². The van der Waals surface area contributed by atoms with E-state index in [1.165, 1.54) is 11.1 Å². The van der Waals surface area contributed by atoms with Gasteiger partial charge >= 0.3 is 0 Å². The van der Waals surface area contributed by atoms with Crippen LogP contribution in [0.5, 0.6) is 0 Å². The average molecular weight is 498 g/mol. The van der Waals surface area contributed by atoms with Crippen LogP contribution >= 0.6 is 63.7 Å². The molecule has 0 aromatic heterocycles. The zero-order valence-corrected chi connectivity index (χ0v) is 15.6. The van der Waals surface area contributed by atoms with Crippen LogP contribution < -0.4 is 0 Å². The molecule has 0 aliphatic carbocycles. The molecule has 2 aromatic carbocycles. The molecule has 4 heteroatoms. The molecule has 2 unspecified atom stereocenters. The minimum absolute atomic E-state index is 0.242. The molecule has 0 amide bonds. The number of hydrogen-bond donors (Lipinski definition) is 0. The van der Waals surface area contributed by atoms with Gasteiger partial charge in [-0.05, 0) is 35.4 Å². The number of hydrogen-bond acceptors (Lipinski definition) is 0. The summed E-state index contributed by atoms with van der Waals surface area (Å²) in [5.41, 5.74) is 2.51. The van der Waals surface area contributed by atoms with E-state index in [4.69, 9.17) is 0 Å². The van der Waals surface area contributed by atoms with Crippen molar-refractivity contribution in [3.05, 3.63) is 68.6 Å². The first kappa shape index (κ1) is 14.8. The lowest BCUT2D eigenvalue weighted by molar-refractivity contribution is 0.937. The largest absolute Gasteiger partial charge is 0.0823 e. The van der Waals surface area contributed by atoms with Gasteiger partial charge in [0.15, 0.2) is 0 Å². The normalized spacial score (nSPS) is 14.2. The van der Waals surface area contributed by atoms with Crippen LogP contribution in [0.2, 0.25) is 0 Å². The second-order valence-corrected chi connectivity index (χ2v) is 7.71. The molecule has 0 radical (unpaired) electrons. The molecule has 18 heavy (non-hydrogen) atoms. The summed E-state index contributed by atoms with van der Waals surface area (Å²) in [7, 11) is 0. The first-order valence-electron chi connectivity index (χ1n) is 5.37. The molecule has 0 N–H and O–H groups in total. The maximum absolute atomic E-state index is 3.76. The highest BCUT2D eigenvalue weighted by molar-refractivity contribution is 9.12. The lowest BCUT2D eigenvalue weighted by atomic mass is 10.0. The van der Waals surface area contributed by atoms with Crippen LogP contribution in [0.4, 0.5) is 0 Å². The van der Waals surface area contributed by atoms with Gasteiger partial charge in [-0.1, -0.05) is 88.0 Å². The van der Waals surface area contributed by atoms with Crippen LogP contribution in [-0.4, -0.2) is 0 Å². The minimum Gasteiger partial charge on any atom is -0.0823 e. The van der Waals surface area contributed by atoms with Crippen molar-refractivity contribution in [2.75, 3.05) is 0 Å². The van der Waals surface area contributed by atoms with Crippen molar-refractivity contribution >= 4 is 63.7 Å². The van der Waals surface area contributed by atoms with Gasteiger partial charge in [0.1, 0.15) is 0 Å². The zero-order chi connectivity index (χ0) is 13.1. The van der Waals surface area contributed by atoms with Crippen molar-refractivity contribution in [1.29, 1.82) is 0 Å². The van der Waals surface area contributed by atoms with E-state index >= 15 is 0 Å². The third kappa shape index (κ3) is 3.69. The Hall–Kier alpha value is 0.360. The molecule has 0 aliphatic rings. The summed E-state index contributed by atoms with van der Waals surface area (Å²) in [5, 5.41) is 0. The predicted octanol–water partition coefficient (Wildman–Crippen LogP) is 6.78. The van der Waals surface area contributed by atoms with Crippen LogP contribution in [0.1, 0.15) is 20.8 Å². The van der Waals surface area contributed by atoms with E-state index in [0.29, 0.717) is 0 Å². The second kappa shape index (κ2) is 6.69. The van der Waals surface area contributed by atoms with Crippen molar-refractivity contribution in [1.82, 2.24) is 0 Å². The molecular weight excluding hydrogens is 488 g/mol. The van der Waals surface area contributed by atoms with Gasteiger partial charge in [-0.15, -0.1) is 0 Å². The van der Waals surface area contributed by atoms with E-state index < -0.39 is 0 Å². The molecule has 0 fully saturated rings. The number of alkyl halides is 2. The number of benzene rings is 2. The average Bonchev–Trinajstić information content (AvgIpc) is 2.39. The maximum atomic E-state index is 3.76. The van der Waals surface area contributed by atoms with Gasteiger partial charge < -0.3 is 0 Å². The summed E-state index contributed by atoms with van der Waals surface area (Å²) >= 11 is 14.4. The van der Waals surface area contributed by atoms with Crippen LogP contribution in [-0.2, 0) is 0 Å². The van der Waals surface area contributed by atoms with E-state index in [2.05, 4.69) is 112 Å². The summed E-state index contributed by atoms with van der Waals surface area (Å²) < 4.78 is 2.20. The van der Waals surface area contributed by atoms with Crippen molar-refractivity contribution in [2.24, 2.45) is 0 Å². The first-order chi connectivity index (χ1) is 8.58. The Morgan fingerprint density at radius 2 is 0.833 bits per heavy atom. The van der Waals surface area contributed by atoms with E-state index in [1.807, 2.05) is 0 Å². The van der Waals surface area contributed by atoms with E-state index in [9.17, 15) is 0 Å². The molecule has 0 saturated carbocycles. The van der Waals surface area contributed by atoms with Gasteiger partial charge in [-0.25, -0.2) is 0 Å². The van der Waals surface area contributed by atoms with E-state index in [1.54, 1.807) is 0 Å². The fraction of sp³-hybridized carbons (Fsp3) is 0.143. The third-order valence-corrected chi connectivity index (χ3v) is 6.52. The number of halogens is 4. The molecule has 0 saturated heterocycles. The molecule has 0 spiro atoms. The first-order valence-corrected chi connectivity index (χ1v) is 8.79. The fourth-order valence-electron chi connectivity index (χ4n) is 1.63. The monoisotopic (exact) mass is 494 g/mol. The van der Waals surface area contributed by atoms with Gasteiger partial charge in [0, 0.05) is 8.95 Å². The molecule has 0 heterocycles. The van der Waals surface area contributed by atoms with E-state index in [0.717, 1.165) is 8.95 Å². The van der Waals surface area contributed by atoms with Crippen molar-refractivity contribution in [2.45, 2.75) is 9.65 Å². The molecule has 0 nitrogen and oxygen atoms in total. The Morgan fingerprint density at radius 3 is 1.11 bits per heavy atom. The highest BCUT2D eigenvalue weighted by Gasteiger charge is 2.19. The Morgan fingerprint density at radius 1 is 0.556 bits per heavy atom. The summed E-state index contributed by atoms with van der Waals surface area (Å²) in [6.07, 6.45) is 0. The summed E-state index contributed by atoms with van der Waals surface area (Å²) in [6, 6.07) is 16.7. The molecule has 0 aliphatic heterocycles.